The van der Waals surface area contributed by atoms with Crippen LogP contribution in [0.2, 0.25) is 0 Å². The highest BCUT2D eigenvalue weighted by Gasteiger charge is 2.20. The molecule has 0 spiro atoms. The van der Waals surface area contributed by atoms with Crippen LogP contribution < -0.4 is 10.9 Å². The Hall–Kier alpha value is -3.32. The number of anilines is 1. The summed E-state index contributed by atoms with van der Waals surface area (Å²) in [7, 11) is 0. The monoisotopic (exact) mass is 390 g/mol. The number of nitrogens with one attached hydrogen (secondary N) is 2. The topological polar surface area (TPSA) is 87.7 Å². The second-order valence-corrected chi connectivity index (χ2v) is 7.53. The van der Waals surface area contributed by atoms with Gasteiger partial charge in [-0.3, -0.25) is 9.59 Å². The van der Waals surface area contributed by atoms with E-state index in [-0.39, 0.29) is 11.5 Å². The first-order chi connectivity index (χ1) is 13.5. The Balaban J connectivity index is 1.68. The Morgan fingerprint density at radius 1 is 1.07 bits per heavy atom. The molecule has 1 amide bonds. The summed E-state index contributed by atoms with van der Waals surface area (Å²) in [6.45, 7) is 3.63. The van der Waals surface area contributed by atoms with Crippen molar-refractivity contribution in [3.8, 4) is 0 Å². The fourth-order valence-corrected chi connectivity index (χ4v) is 4.16. The third-order valence-electron chi connectivity index (χ3n) is 4.40. The summed E-state index contributed by atoms with van der Waals surface area (Å²) in [6, 6.07) is 15.2. The summed E-state index contributed by atoms with van der Waals surface area (Å²) >= 11 is 1.22. The van der Waals surface area contributed by atoms with Gasteiger partial charge in [0.15, 0.2) is 0 Å². The number of carbonyl (C=O) groups is 1. The first-order valence-corrected chi connectivity index (χ1v) is 9.64. The standard InChI is InChI=1S/C21H18N4O2S/c1-12-7-6-10-15(22-12)23-20(27)18-13(2)17-19(26)24-16(25-21(17)28-18)11-14-8-4-3-5-9-14/h3-10H,11H2,1-2H3,(H,22,23,27)(H,24,25,26). The molecule has 0 saturated heterocycles. The highest BCUT2D eigenvalue weighted by molar-refractivity contribution is 7.20. The fourth-order valence-electron chi connectivity index (χ4n) is 3.06. The van der Waals surface area contributed by atoms with E-state index in [1.807, 2.05) is 49.4 Å². The van der Waals surface area contributed by atoms with Crippen molar-refractivity contribution in [3.63, 3.8) is 0 Å². The van der Waals surface area contributed by atoms with Crippen LogP contribution in [-0.4, -0.2) is 20.9 Å². The number of carbonyl (C=O) groups excluding carboxylic acids is 1. The number of benzene rings is 1. The SMILES string of the molecule is Cc1cccc(NC(=O)c2sc3nc(Cc4ccccc4)[nH]c(=O)c3c2C)n1. The maximum atomic E-state index is 12.7. The number of hydrogen-bond acceptors (Lipinski definition) is 5. The molecule has 0 aliphatic heterocycles. The molecule has 6 nitrogen and oxygen atoms in total. The van der Waals surface area contributed by atoms with Gasteiger partial charge in [0.25, 0.3) is 11.5 Å². The van der Waals surface area contributed by atoms with E-state index in [2.05, 4.69) is 20.3 Å². The van der Waals surface area contributed by atoms with E-state index in [1.165, 1.54) is 11.3 Å². The lowest BCUT2D eigenvalue weighted by atomic mass is 10.1. The summed E-state index contributed by atoms with van der Waals surface area (Å²) in [6.07, 6.45) is 0.526. The molecule has 0 atom stereocenters. The van der Waals surface area contributed by atoms with Crippen molar-refractivity contribution >= 4 is 33.3 Å². The van der Waals surface area contributed by atoms with Crippen LogP contribution in [0.5, 0.6) is 0 Å². The van der Waals surface area contributed by atoms with E-state index < -0.39 is 0 Å². The van der Waals surface area contributed by atoms with Crippen LogP contribution in [0.3, 0.4) is 0 Å². The van der Waals surface area contributed by atoms with Crippen molar-refractivity contribution in [3.05, 3.63) is 86.4 Å². The minimum Gasteiger partial charge on any atom is -0.310 e. The van der Waals surface area contributed by atoms with Crippen molar-refractivity contribution in [1.82, 2.24) is 15.0 Å². The van der Waals surface area contributed by atoms with Gasteiger partial charge in [-0.25, -0.2) is 9.97 Å². The average molecular weight is 390 g/mol. The second kappa shape index (κ2) is 7.36. The number of H-pyrrole nitrogens is 1. The summed E-state index contributed by atoms with van der Waals surface area (Å²) in [4.78, 5) is 38.1. The normalized spacial score (nSPS) is 10.9. The second-order valence-electron chi connectivity index (χ2n) is 6.53. The molecule has 28 heavy (non-hydrogen) atoms. The first kappa shape index (κ1) is 18.1. The Bertz CT molecular complexity index is 1230. The number of aryl methyl sites for hydroxylation is 2. The smallest absolute Gasteiger partial charge is 0.267 e. The van der Waals surface area contributed by atoms with Gasteiger partial charge in [0.1, 0.15) is 16.5 Å². The summed E-state index contributed by atoms with van der Waals surface area (Å²) < 4.78 is 0. The highest BCUT2D eigenvalue weighted by Crippen LogP contribution is 2.28. The maximum Gasteiger partial charge on any atom is 0.267 e. The summed E-state index contributed by atoms with van der Waals surface area (Å²) in [5, 5.41) is 3.26. The van der Waals surface area contributed by atoms with E-state index in [4.69, 9.17) is 0 Å². The van der Waals surface area contributed by atoms with Crippen molar-refractivity contribution in [2.24, 2.45) is 0 Å². The molecule has 4 aromatic rings. The number of aromatic amines is 1. The van der Waals surface area contributed by atoms with Gasteiger partial charge in [-0.2, -0.15) is 0 Å². The third-order valence-corrected chi connectivity index (χ3v) is 5.58. The van der Waals surface area contributed by atoms with Crippen molar-refractivity contribution in [2.45, 2.75) is 20.3 Å². The summed E-state index contributed by atoms with van der Waals surface area (Å²) in [5.41, 5.74) is 2.28. The predicted molar refractivity (Wildman–Crippen MR) is 111 cm³/mol. The minimum atomic E-state index is -0.289. The minimum absolute atomic E-state index is 0.225. The molecule has 140 valence electrons. The van der Waals surface area contributed by atoms with Gasteiger partial charge in [-0.15, -0.1) is 11.3 Å². The van der Waals surface area contributed by atoms with Gasteiger partial charge in [-0.05, 0) is 37.1 Å². The summed E-state index contributed by atoms with van der Waals surface area (Å²) in [5.74, 6) is 0.772. The molecule has 1 aromatic carbocycles. The average Bonchev–Trinajstić information content (AvgIpc) is 2.99. The molecular weight excluding hydrogens is 372 g/mol. The molecule has 0 fully saturated rings. The van der Waals surface area contributed by atoms with Crippen LogP contribution in [0.4, 0.5) is 5.82 Å². The molecule has 3 aromatic heterocycles. The van der Waals surface area contributed by atoms with Crippen LogP contribution >= 0.6 is 11.3 Å². The molecule has 2 N–H and O–H groups in total. The molecule has 0 unspecified atom stereocenters. The number of thiophene rings is 1. The van der Waals surface area contributed by atoms with Gasteiger partial charge in [0.05, 0.1) is 10.3 Å². The Morgan fingerprint density at radius 2 is 1.86 bits per heavy atom. The molecule has 7 heteroatoms. The zero-order chi connectivity index (χ0) is 19.7. The molecule has 4 rings (SSSR count). The van der Waals surface area contributed by atoms with Crippen LogP contribution in [0.1, 0.15) is 32.3 Å². The lowest BCUT2D eigenvalue weighted by Gasteiger charge is -2.04. The van der Waals surface area contributed by atoms with Gasteiger partial charge < -0.3 is 10.3 Å². The number of nitrogens with zero attached hydrogens (tertiary/aromatic N) is 2. The number of fused-ring (bicyclic) bond motifs is 1. The molecule has 3 heterocycles. The number of amides is 1. The van der Waals surface area contributed by atoms with E-state index in [1.54, 1.807) is 13.0 Å². The van der Waals surface area contributed by atoms with Gasteiger partial charge >= 0.3 is 0 Å². The highest BCUT2D eigenvalue weighted by atomic mass is 32.1. The van der Waals surface area contributed by atoms with Gasteiger partial charge in [0.2, 0.25) is 0 Å². The van der Waals surface area contributed by atoms with Gasteiger partial charge in [0, 0.05) is 12.1 Å². The van der Waals surface area contributed by atoms with Crippen LogP contribution in [0.25, 0.3) is 10.2 Å². The largest absolute Gasteiger partial charge is 0.310 e. The number of pyridine rings is 1. The molecule has 0 bridgehead atoms. The quantitative estimate of drug-likeness (QED) is 0.554. The lowest BCUT2D eigenvalue weighted by Crippen LogP contribution is -2.14. The van der Waals surface area contributed by atoms with E-state index in [0.29, 0.717) is 38.7 Å². The van der Waals surface area contributed by atoms with E-state index in [9.17, 15) is 9.59 Å². The van der Waals surface area contributed by atoms with Crippen molar-refractivity contribution < 1.29 is 4.79 Å². The van der Waals surface area contributed by atoms with Crippen LogP contribution in [0.15, 0.2) is 53.3 Å². The first-order valence-electron chi connectivity index (χ1n) is 8.82. The Morgan fingerprint density at radius 3 is 2.61 bits per heavy atom. The van der Waals surface area contributed by atoms with Gasteiger partial charge in [-0.1, -0.05) is 36.4 Å². The molecule has 0 aliphatic rings. The number of hydrogen-bond donors (Lipinski definition) is 2. The van der Waals surface area contributed by atoms with Crippen molar-refractivity contribution in [2.75, 3.05) is 5.32 Å². The van der Waals surface area contributed by atoms with Crippen LogP contribution in [0, 0.1) is 13.8 Å². The Kier molecular flexibility index (Phi) is 4.75. The van der Waals surface area contributed by atoms with E-state index >= 15 is 0 Å². The maximum absolute atomic E-state index is 12.7. The lowest BCUT2D eigenvalue weighted by molar-refractivity contribution is 0.102. The third kappa shape index (κ3) is 3.57. The molecule has 0 saturated carbocycles. The number of rotatable bonds is 4. The number of aromatic nitrogens is 3. The molecular formula is C21H18N4O2S. The zero-order valence-electron chi connectivity index (χ0n) is 15.4. The predicted octanol–water partition coefficient (Wildman–Crippen LogP) is 3.84. The fraction of sp³-hybridized carbons (Fsp3) is 0.143. The molecule has 0 radical (unpaired) electrons. The van der Waals surface area contributed by atoms with E-state index in [0.717, 1.165) is 11.3 Å². The van der Waals surface area contributed by atoms with Crippen molar-refractivity contribution in [1.29, 1.82) is 0 Å². The Labute approximate surface area is 165 Å². The van der Waals surface area contributed by atoms with Crippen LogP contribution in [-0.2, 0) is 6.42 Å². The zero-order valence-corrected chi connectivity index (χ0v) is 16.3. The molecule has 0 aliphatic carbocycles.